The molecule has 2 rings (SSSR count). The van der Waals surface area contributed by atoms with Crippen LogP contribution in [-0.2, 0) is 4.79 Å². The first kappa shape index (κ1) is 14.5. The van der Waals surface area contributed by atoms with E-state index in [2.05, 4.69) is 5.32 Å². The highest BCUT2D eigenvalue weighted by Gasteiger charge is 2.31. The summed E-state index contributed by atoms with van der Waals surface area (Å²) in [6, 6.07) is 4.92. The number of allylic oxidation sites excluding steroid dienone is 1. The highest BCUT2D eigenvalue weighted by molar-refractivity contribution is 5.79. The Morgan fingerprint density at radius 3 is 2.81 bits per heavy atom. The van der Waals surface area contributed by atoms with E-state index in [1.54, 1.807) is 25.1 Å². The van der Waals surface area contributed by atoms with Gasteiger partial charge in [-0.05, 0) is 18.6 Å². The van der Waals surface area contributed by atoms with Crippen LogP contribution < -0.4 is 5.32 Å². The van der Waals surface area contributed by atoms with E-state index in [0.29, 0.717) is 17.7 Å². The molecule has 0 aliphatic carbocycles. The minimum Gasteiger partial charge on any atom is -0.311 e. The summed E-state index contributed by atoms with van der Waals surface area (Å²) < 4.78 is 0. The molecule has 1 N–H and O–H groups in total. The van der Waals surface area contributed by atoms with Crippen molar-refractivity contribution >= 4 is 18.1 Å². The van der Waals surface area contributed by atoms with Crippen LogP contribution in [0.15, 0.2) is 36.0 Å². The van der Waals surface area contributed by atoms with E-state index in [1.807, 2.05) is 0 Å². The molecule has 0 fully saturated rings. The van der Waals surface area contributed by atoms with Crippen molar-refractivity contribution in [3.63, 3.8) is 0 Å². The van der Waals surface area contributed by atoms with Gasteiger partial charge in [-0.15, -0.1) is 0 Å². The Labute approximate surface area is 120 Å². The second-order valence-electron chi connectivity index (χ2n) is 4.60. The van der Waals surface area contributed by atoms with Crippen LogP contribution >= 0.6 is 0 Å². The van der Waals surface area contributed by atoms with Crippen LogP contribution in [0.25, 0.3) is 0 Å². The summed E-state index contributed by atoms with van der Waals surface area (Å²) >= 11 is 0. The number of nitrogens with one attached hydrogen (secondary N) is 1. The Bertz CT molecular complexity index is 628. The highest BCUT2D eigenvalue weighted by atomic mass is 16.6. The average molecular weight is 290 g/mol. The Morgan fingerprint density at radius 1 is 1.48 bits per heavy atom. The fourth-order valence-corrected chi connectivity index (χ4v) is 2.15. The van der Waals surface area contributed by atoms with Crippen molar-refractivity contribution < 1.29 is 14.5 Å². The van der Waals surface area contributed by atoms with Gasteiger partial charge in [0.2, 0.25) is 6.41 Å². The van der Waals surface area contributed by atoms with E-state index < -0.39 is 17.0 Å². The molecular weight excluding hydrogens is 276 g/mol. The summed E-state index contributed by atoms with van der Waals surface area (Å²) in [4.78, 5) is 33.4. The normalized spacial score (nSPS) is 17.8. The molecule has 1 heterocycles. The fourth-order valence-electron chi connectivity index (χ4n) is 2.15. The van der Waals surface area contributed by atoms with Gasteiger partial charge in [0.1, 0.15) is 6.04 Å². The molecular formula is C13H14N4O4. The van der Waals surface area contributed by atoms with Crippen molar-refractivity contribution in [3.8, 4) is 0 Å². The molecule has 1 aromatic carbocycles. The summed E-state index contributed by atoms with van der Waals surface area (Å²) in [7, 11) is 1.44. The van der Waals surface area contributed by atoms with Crippen LogP contribution in [0.3, 0.4) is 0 Å². The minimum absolute atomic E-state index is 0.0711. The number of non-ortho nitro benzene ring substituents is 1. The quantitative estimate of drug-likeness (QED) is 0.517. The lowest BCUT2D eigenvalue weighted by Gasteiger charge is -2.37. The summed E-state index contributed by atoms with van der Waals surface area (Å²) in [6.07, 6.45) is 2.22. The molecule has 0 saturated heterocycles. The number of hydrogen-bond acceptors (Lipinski definition) is 4. The van der Waals surface area contributed by atoms with Crippen LogP contribution in [0.2, 0.25) is 0 Å². The third-order valence-corrected chi connectivity index (χ3v) is 3.10. The van der Waals surface area contributed by atoms with E-state index in [-0.39, 0.29) is 5.69 Å². The first-order chi connectivity index (χ1) is 9.93. The Balaban J connectivity index is 2.48. The van der Waals surface area contributed by atoms with E-state index in [4.69, 9.17) is 0 Å². The van der Waals surface area contributed by atoms with Crippen LogP contribution in [0.1, 0.15) is 18.5 Å². The SMILES string of the molecule is CC1=CC(c2cccc([N+](=O)[O-])c2)N(N(C)C=O)C(=O)N1. The zero-order valence-electron chi connectivity index (χ0n) is 11.5. The van der Waals surface area contributed by atoms with Crippen LogP contribution in [0.5, 0.6) is 0 Å². The number of hydrogen-bond donors (Lipinski definition) is 1. The topological polar surface area (TPSA) is 95.8 Å². The number of urea groups is 1. The summed E-state index contributed by atoms with van der Waals surface area (Å²) in [5.41, 5.74) is 1.09. The fraction of sp³-hybridized carbons (Fsp3) is 0.231. The van der Waals surface area contributed by atoms with Gasteiger partial charge < -0.3 is 5.32 Å². The van der Waals surface area contributed by atoms with Crippen LogP contribution in [0.4, 0.5) is 10.5 Å². The van der Waals surface area contributed by atoms with E-state index >= 15 is 0 Å². The number of rotatable bonds is 4. The molecule has 0 bridgehead atoms. The summed E-state index contributed by atoms with van der Waals surface area (Å²) in [6.45, 7) is 1.71. The number of nitro groups is 1. The van der Waals surface area contributed by atoms with Crippen LogP contribution in [-0.4, -0.2) is 34.4 Å². The molecule has 1 atom stereocenters. The first-order valence-corrected chi connectivity index (χ1v) is 6.15. The Morgan fingerprint density at radius 2 is 2.19 bits per heavy atom. The standard InChI is InChI=1S/C13H14N4O4/c1-9-6-12(16(13(19)14-9)15(2)8-18)10-4-3-5-11(7-10)17(20)21/h3-8,12H,1-2H3,(H,14,19). The number of benzene rings is 1. The molecule has 8 heteroatoms. The minimum atomic E-state index is -0.589. The Kier molecular flexibility index (Phi) is 3.88. The summed E-state index contributed by atoms with van der Waals surface area (Å²) in [5, 5.41) is 15.8. The zero-order chi connectivity index (χ0) is 15.6. The molecule has 3 amide bonds. The predicted octanol–water partition coefficient (Wildman–Crippen LogP) is 1.57. The maximum Gasteiger partial charge on any atom is 0.341 e. The first-order valence-electron chi connectivity index (χ1n) is 6.15. The van der Waals surface area contributed by atoms with Crippen LogP contribution in [0, 0.1) is 10.1 Å². The highest BCUT2D eigenvalue weighted by Crippen LogP contribution is 2.29. The van der Waals surface area contributed by atoms with Gasteiger partial charge in [0.15, 0.2) is 0 Å². The number of carbonyl (C=O) groups excluding carboxylic acids is 2. The third kappa shape index (κ3) is 2.83. The number of nitrogens with zero attached hydrogens (tertiary/aromatic N) is 3. The van der Waals surface area contributed by atoms with E-state index in [0.717, 1.165) is 5.01 Å². The number of carbonyl (C=O) groups is 2. The largest absolute Gasteiger partial charge is 0.341 e. The smallest absolute Gasteiger partial charge is 0.311 e. The molecule has 1 aliphatic rings. The molecule has 8 nitrogen and oxygen atoms in total. The molecule has 0 saturated carbocycles. The number of amides is 3. The lowest BCUT2D eigenvalue weighted by atomic mass is 10.0. The maximum absolute atomic E-state index is 12.0. The number of nitro benzene ring substituents is 1. The van der Waals surface area contributed by atoms with Gasteiger partial charge in [0.25, 0.3) is 5.69 Å². The van der Waals surface area contributed by atoms with Crippen molar-refractivity contribution in [1.82, 2.24) is 15.3 Å². The van der Waals surface area contributed by atoms with Gasteiger partial charge in [-0.1, -0.05) is 12.1 Å². The van der Waals surface area contributed by atoms with Gasteiger partial charge in [-0.3, -0.25) is 19.9 Å². The second-order valence-corrected chi connectivity index (χ2v) is 4.60. The molecule has 0 spiro atoms. The molecule has 21 heavy (non-hydrogen) atoms. The molecule has 1 aromatic rings. The van der Waals surface area contributed by atoms with Crippen molar-refractivity contribution in [3.05, 3.63) is 51.7 Å². The monoisotopic (exact) mass is 290 g/mol. The summed E-state index contributed by atoms with van der Waals surface area (Å²) in [5.74, 6) is 0. The van der Waals surface area contributed by atoms with Gasteiger partial charge in [-0.2, -0.15) is 0 Å². The lowest BCUT2D eigenvalue weighted by molar-refractivity contribution is -0.384. The van der Waals surface area contributed by atoms with Gasteiger partial charge in [0.05, 0.1) is 4.92 Å². The Hall–Kier alpha value is -2.90. The molecule has 1 unspecified atom stereocenters. The lowest BCUT2D eigenvalue weighted by Crippen LogP contribution is -2.52. The average Bonchev–Trinajstić information content (AvgIpc) is 2.45. The molecule has 0 aromatic heterocycles. The number of hydrazine groups is 1. The molecule has 110 valence electrons. The predicted molar refractivity (Wildman–Crippen MR) is 73.8 cm³/mol. The third-order valence-electron chi connectivity index (χ3n) is 3.10. The van der Waals surface area contributed by atoms with Crippen molar-refractivity contribution in [1.29, 1.82) is 0 Å². The van der Waals surface area contributed by atoms with E-state index in [1.165, 1.54) is 24.2 Å². The van der Waals surface area contributed by atoms with Crippen molar-refractivity contribution in [2.45, 2.75) is 13.0 Å². The van der Waals surface area contributed by atoms with Gasteiger partial charge >= 0.3 is 6.03 Å². The molecule has 0 radical (unpaired) electrons. The maximum atomic E-state index is 12.0. The van der Waals surface area contributed by atoms with E-state index in [9.17, 15) is 19.7 Å². The second kappa shape index (κ2) is 5.61. The van der Waals surface area contributed by atoms with Crippen molar-refractivity contribution in [2.24, 2.45) is 0 Å². The van der Waals surface area contributed by atoms with Gasteiger partial charge in [0, 0.05) is 24.9 Å². The molecule has 1 aliphatic heterocycles. The zero-order valence-corrected chi connectivity index (χ0v) is 11.5. The van der Waals surface area contributed by atoms with Crippen molar-refractivity contribution in [2.75, 3.05) is 7.05 Å². The van der Waals surface area contributed by atoms with Gasteiger partial charge in [-0.25, -0.2) is 9.80 Å².